The molecule has 9 heteroatoms. The zero-order valence-electron chi connectivity index (χ0n) is 26.6. The smallest absolute Gasteiger partial charge is 0.310 e. The van der Waals surface area contributed by atoms with Gasteiger partial charge in [0.05, 0.1) is 35.5 Å². The molecule has 0 unspecified atom stereocenters. The number of thiazole rings is 1. The fourth-order valence-electron chi connectivity index (χ4n) is 6.16. The molecule has 2 aromatic carbocycles. The number of hydrogen-bond donors (Lipinski definition) is 0. The molecule has 1 atom stereocenters. The van der Waals surface area contributed by atoms with Gasteiger partial charge in [-0.05, 0) is 67.3 Å². The summed E-state index contributed by atoms with van der Waals surface area (Å²) in [5, 5.41) is 3.10. The van der Waals surface area contributed by atoms with Gasteiger partial charge in [-0.2, -0.15) is 0 Å². The molecule has 0 bridgehead atoms. The van der Waals surface area contributed by atoms with Crippen LogP contribution in [-0.4, -0.2) is 46.5 Å². The molecule has 0 aliphatic carbocycles. The lowest BCUT2D eigenvalue weighted by Gasteiger charge is -2.32. The number of amides is 1. The van der Waals surface area contributed by atoms with Crippen LogP contribution >= 0.6 is 22.9 Å². The molecule has 0 radical (unpaired) electrons. The predicted octanol–water partition coefficient (Wildman–Crippen LogP) is 7.63. The molecule has 1 saturated heterocycles. The summed E-state index contributed by atoms with van der Waals surface area (Å²) < 4.78 is 6.83. The summed E-state index contributed by atoms with van der Waals surface area (Å²) >= 11 is 7.50. The van der Waals surface area contributed by atoms with Gasteiger partial charge in [-0.3, -0.25) is 19.0 Å². The van der Waals surface area contributed by atoms with E-state index >= 15 is 0 Å². The number of nitrogens with zero attached hydrogens (tertiary/aromatic N) is 3. The normalized spacial score (nSPS) is 15.0. The van der Waals surface area contributed by atoms with Crippen LogP contribution < -0.4 is 5.56 Å². The first kappa shape index (κ1) is 32.6. The number of ether oxygens (including phenoxy) is 1. The fourth-order valence-corrected chi connectivity index (χ4v) is 7.12. The van der Waals surface area contributed by atoms with Crippen LogP contribution in [-0.2, 0) is 28.8 Å². The van der Waals surface area contributed by atoms with Crippen LogP contribution in [0.15, 0.2) is 58.7 Å². The zero-order valence-corrected chi connectivity index (χ0v) is 28.1. The lowest BCUT2D eigenvalue weighted by Crippen LogP contribution is -2.43. The number of halogens is 1. The lowest BCUT2D eigenvalue weighted by molar-refractivity contribution is -0.146. The number of aromatic nitrogens is 2. The number of rotatable bonds is 9. The van der Waals surface area contributed by atoms with E-state index in [1.54, 1.807) is 15.5 Å². The Morgan fingerprint density at radius 3 is 2.40 bits per heavy atom. The van der Waals surface area contributed by atoms with Crippen molar-refractivity contribution in [3.05, 3.63) is 91.7 Å². The second-order valence-electron chi connectivity index (χ2n) is 11.9. The van der Waals surface area contributed by atoms with Gasteiger partial charge in [0, 0.05) is 34.7 Å². The number of piperidine rings is 1. The van der Waals surface area contributed by atoms with Gasteiger partial charge in [0.25, 0.3) is 11.5 Å². The van der Waals surface area contributed by atoms with Crippen molar-refractivity contribution in [1.29, 1.82) is 0 Å². The summed E-state index contributed by atoms with van der Waals surface area (Å²) in [6.07, 6.45) is 3.37. The Morgan fingerprint density at radius 1 is 1.09 bits per heavy atom. The van der Waals surface area contributed by atoms with Gasteiger partial charge in [-0.25, -0.2) is 4.98 Å². The highest BCUT2D eigenvalue weighted by molar-refractivity contribution is 7.13. The average Bonchev–Trinajstić information content (AvgIpc) is 3.54. The maximum absolute atomic E-state index is 14.8. The second kappa shape index (κ2) is 14.1. The first-order valence-corrected chi connectivity index (χ1v) is 16.9. The van der Waals surface area contributed by atoms with Gasteiger partial charge >= 0.3 is 5.97 Å². The van der Waals surface area contributed by atoms with E-state index in [-0.39, 0.29) is 35.8 Å². The highest BCUT2D eigenvalue weighted by Crippen LogP contribution is 2.33. The summed E-state index contributed by atoms with van der Waals surface area (Å²) in [7, 11) is 1.38. The van der Waals surface area contributed by atoms with E-state index in [0.29, 0.717) is 52.7 Å². The molecule has 45 heavy (non-hydrogen) atoms. The Bertz CT molecular complexity index is 1740. The van der Waals surface area contributed by atoms with E-state index in [4.69, 9.17) is 21.3 Å². The number of esters is 1. The standard InChI is InChI=1S/C36H40ClN3O4S/c1-6-23-10-8-11-24(7-2)32(23)40-31(18-22(3)4)28(34(41)39-17-9-12-26(20-39)36(43)44-5)19-29(35(40)42)33-38-30(21-45-33)25-13-15-27(37)16-14-25/h8,10-11,13-16,19,21-22,26H,6-7,9,12,17-18,20H2,1-5H3/t26-/m1/s1. The Hall–Kier alpha value is -3.75. The second-order valence-corrected chi connectivity index (χ2v) is 13.2. The lowest BCUT2D eigenvalue weighted by atomic mass is 9.95. The van der Waals surface area contributed by atoms with Crippen LogP contribution in [0.4, 0.5) is 0 Å². The third-order valence-corrected chi connectivity index (χ3v) is 9.57. The summed E-state index contributed by atoms with van der Waals surface area (Å²) in [6, 6.07) is 15.3. The van der Waals surface area contributed by atoms with E-state index in [1.807, 2.05) is 35.7 Å². The van der Waals surface area contributed by atoms with Gasteiger partial charge < -0.3 is 9.64 Å². The number of benzene rings is 2. The molecule has 0 saturated carbocycles. The molecule has 3 heterocycles. The minimum absolute atomic E-state index is 0.174. The van der Waals surface area contributed by atoms with Crippen molar-refractivity contribution in [1.82, 2.24) is 14.5 Å². The van der Waals surface area contributed by atoms with Crippen LogP contribution in [0.3, 0.4) is 0 Å². The van der Waals surface area contributed by atoms with E-state index in [9.17, 15) is 14.4 Å². The molecule has 2 aromatic heterocycles. The van der Waals surface area contributed by atoms with Crippen molar-refractivity contribution in [3.8, 4) is 27.5 Å². The van der Waals surface area contributed by atoms with Crippen molar-refractivity contribution in [2.75, 3.05) is 20.2 Å². The average molecular weight is 646 g/mol. The Kier molecular flexibility index (Phi) is 10.2. The van der Waals surface area contributed by atoms with Crippen molar-refractivity contribution in [2.45, 2.75) is 59.8 Å². The molecule has 236 valence electrons. The van der Waals surface area contributed by atoms with E-state index in [1.165, 1.54) is 18.4 Å². The number of carbonyl (C=O) groups excluding carboxylic acids is 2. The number of pyridine rings is 1. The highest BCUT2D eigenvalue weighted by Gasteiger charge is 2.33. The van der Waals surface area contributed by atoms with Crippen LogP contribution in [0.1, 0.15) is 67.7 Å². The van der Waals surface area contributed by atoms with Crippen LogP contribution in [0.5, 0.6) is 0 Å². The van der Waals surface area contributed by atoms with Crippen LogP contribution in [0, 0.1) is 11.8 Å². The Morgan fingerprint density at radius 2 is 1.78 bits per heavy atom. The molecule has 1 aliphatic rings. The molecule has 7 nitrogen and oxygen atoms in total. The molecule has 4 aromatic rings. The molecule has 1 aliphatic heterocycles. The maximum atomic E-state index is 14.8. The van der Waals surface area contributed by atoms with Gasteiger partial charge in [0.2, 0.25) is 0 Å². The van der Waals surface area contributed by atoms with Crippen molar-refractivity contribution in [2.24, 2.45) is 11.8 Å². The largest absolute Gasteiger partial charge is 0.469 e. The van der Waals surface area contributed by atoms with E-state index in [2.05, 4.69) is 39.8 Å². The number of methoxy groups -OCH3 is 1. The maximum Gasteiger partial charge on any atom is 0.310 e. The third-order valence-electron chi connectivity index (χ3n) is 8.44. The number of hydrogen-bond acceptors (Lipinski definition) is 6. The minimum Gasteiger partial charge on any atom is -0.469 e. The minimum atomic E-state index is -0.375. The number of para-hydroxylation sites is 1. The summed E-state index contributed by atoms with van der Waals surface area (Å²) in [4.78, 5) is 48.4. The van der Waals surface area contributed by atoms with E-state index in [0.717, 1.165) is 40.9 Å². The highest BCUT2D eigenvalue weighted by atomic mass is 35.5. The molecular weight excluding hydrogens is 606 g/mol. The molecular formula is C36H40ClN3O4S. The van der Waals surface area contributed by atoms with Gasteiger partial charge in [-0.1, -0.05) is 69.6 Å². The van der Waals surface area contributed by atoms with Gasteiger partial charge in [-0.15, -0.1) is 11.3 Å². The third kappa shape index (κ3) is 6.77. The fraction of sp³-hybridized carbons (Fsp3) is 0.389. The SMILES string of the molecule is CCc1cccc(CC)c1-n1c(CC(C)C)c(C(=O)N2CCC[C@@H](C(=O)OC)C2)cc(-c2nc(-c3ccc(Cl)cc3)cs2)c1=O. The van der Waals surface area contributed by atoms with Gasteiger partial charge in [0.1, 0.15) is 5.01 Å². The van der Waals surface area contributed by atoms with Crippen LogP contribution in [0.2, 0.25) is 5.02 Å². The quantitative estimate of drug-likeness (QED) is 0.175. The Labute approximate surface area is 273 Å². The number of carbonyl (C=O) groups is 2. The molecule has 5 rings (SSSR count). The first-order valence-electron chi connectivity index (χ1n) is 15.7. The zero-order chi connectivity index (χ0) is 32.2. The molecule has 1 amide bonds. The monoisotopic (exact) mass is 645 g/mol. The summed E-state index contributed by atoms with van der Waals surface area (Å²) in [6.45, 7) is 9.17. The topological polar surface area (TPSA) is 81.5 Å². The molecule has 1 fully saturated rings. The number of aryl methyl sites for hydroxylation is 2. The van der Waals surface area contributed by atoms with Crippen molar-refractivity contribution < 1.29 is 14.3 Å². The molecule has 0 spiro atoms. The first-order chi connectivity index (χ1) is 21.7. The molecule has 0 N–H and O–H groups in total. The number of likely N-dealkylation sites (tertiary alicyclic amines) is 1. The Balaban J connectivity index is 1.77. The summed E-state index contributed by atoms with van der Waals surface area (Å²) in [5.41, 5.74) is 5.90. The predicted molar refractivity (Wildman–Crippen MR) is 182 cm³/mol. The van der Waals surface area contributed by atoms with Crippen molar-refractivity contribution >= 4 is 34.8 Å². The van der Waals surface area contributed by atoms with Crippen molar-refractivity contribution in [3.63, 3.8) is 0 Å². The summed E-state index contributed by atoms with van der Waals surface area (Å²) in [5.74, 6) is -0.689. The van der Waals surface area contributed by atoms with Gasteiger partial charge in [0.15, 0.2) is 0 Å². The van der Waals surface area contributed by atoms with Crippen LogP contribution in [0.25, 0.3) is 27.5 Å². The van der Waals surface area contributed by atoms with E-state index < -0.39 is 0 Å².